The van der Waals surface area contributed by atoms with E-state index in [1.165, 1.54) is 4.31 Å². The topological polar surface area (TPSA) is 116 Å². The summed E-state index contributed by atoms with van der Waals surface area (Å²) in [7, 11) is -4.01. The highest BCUT2D eigenvalue weighted by molar-refractivity contribution is 7.89. The van der Waals surface area contributed by atoms with Crippen molar-refractivity contribution in [3.63, 3.8) is 0 Å². The number of carbonyl (C=O) groups is 2. The summed E-state index contributed by atoms with van der Waals surface area (Å²) < 4.78 is 66.6. The summed E-state index contributed by atoms with van der Waals surface area (Å²) in [4.78, 5) is 25.3. The van der Waals surface area contributed by atoms with Gasteiger partial charge in [-0.1, -0.05) is 52.9 Å². The predicted octanol–water partition coefficient (Wildman–Crippen LogP) is 5.10. The lowest BCUT2D eigenvalue weighted by Gasteiger charge is -2.43. The second kappa shape index (κ2) is 11.5. The molecule has 1 aromatic rings. The Morgan fingerprint density at radius 3 is 2.15 bits per heavy atom. The molecule has 0 aromatic heterocycles. The fourth-order valence-electron chi connectivity index (χ4n) is 7.26. The first kappa shape index (κ1) is 30.6. The number of hydrogen-bond acceptors (Lipinski definition) is 4. The van der Waals surface area contributed by atoms with Crippen molar-refractivity contribution in [1.29, 1.82) is 0 Å². The summed E-state index contributed by atoms with van der Waals surface area (Å²) in [6.45, 7) is 6.46. The largest absolute Gasteiger partial charge is 0.465 e. The van der Waals surface area contributed by atoms with Crippen LogP contribution in [0.1, 0.15) is 71.3 Å². The van der Waals surface area contributed by atoms with Crippen molar-refractivity contribution in [2.45, 2.75) is 88.9 Å². The Bertz CT molecular complexity index is 1180. The quantitative estimate of drug-likeness (QED) is 0.411. The Kier molecular flexibility index (Phi) is 8.80. The zero-order chi connectivity index (χ0) is 29.5. The van der Waals surface area contributed by atoms with Crippen molar-refractivity contribution in [3.05, 3.63) is 29.8 Å². The zero-order valence-electron chi connectivity index (χ0n) is 23.2. The number of alkyl halides is 3. The van der Waals surface area contributed by atoms with Gasteiger partial charge in [0.15, 0.2) is 0 Å². The number of nitrogens with zero attached hydrogens (tertiary/aromatic N) is 1. The van der Waals surface area contributed by atoms with Gasteiger partial charge in [0.2, 0.25) is 15.9 Å². The first-order valence-corrected chi connectivity index (χ1v) is 15.5. The molecule has 2 aliphatic carbocycles. The summed E-state index contributed by atoms with van der Waals surface area (Å²) >= 11 is 0. The molecule has 1 saturated heterocycles. The molecule has 4 rings (SSSR count). The first-order chi connectivity index (χ1) is 18.6. The summed E-state index contributed by atoms with van der Waals surface area (Å²) in [5.74, 6) is -0.550. The molecule has 2 saturated carbocycles. The highest BCUT2D eigenvalue weighted by Gasteiger charge is 2.49. The second-order valence-electron chi connectivity index (χ2n) is 12.7. The van der Waals surface area contributed by atoms with Crippen LogP contribution in [0.4, 0.5) is 18.0 Å². The van der Waals surface area contributed by atoms with Crippen LogP contribution >= 0.6 is 0 Å². The first-order valence-electron chi connectivity index (χ1n) is 14.1. The van der Waals surface area contributed by atoms with Crippen molar-refractivity contribution in [3.8, 4) is 0 Å². The molecule has 2 amide bonds. The van der Waals surface area contributed by atoms with E-state index >= 15 is 0 Å². The van der Waals surface area contributed by atoms with Gasteiger partial charge in [-0.3, -0.25) is 4.79 Å². The van der Waals surface area contributed by atoms with Crippen molar-refractivity contribution >= 4 is 22.0 Å². The van der Waals surface area contributed by atoms with Crippen LogP contribution in [0.5, 0.6) is 0 Å². The number of sulfonamides is 1. The molecule has 1 unspecified atom stereocenters. The van der Waals surface area contributed by atoms with E-state index in [9.17, 15) is 36.3 Å². The van der Waals surface area contributed by atoms with Crippen LogP contribution < -0.4 is 10.6 Å². The summed E-state index contributed by atoms with van der Waals surface area (Å²) in [6.07, 6.45) is 0.639. The molecule has 0 bridgehead atoms. The molecule has 40 heavy (non-hydrogen) atoms. The third-order valence-corrected chi connectivity index (χ3v) is 10.9. The molecule has 3 N–H and O–H groups in total. The second-order valence-corrected chi connectivity index (χ2v) is 14.6. The van der Waals surface area contributed by atoms with E-state index in [0.717, 1.165) is 56.4 Å². The van der Waals surface area contributed by atoms with Crippen molar-refractivity contribution in [2.24, 2.45) is 29.1 Å². The Morgan fingerprint density at radius 1 is 0.975 bits per heavy atom. The van der Waals surface area contributed by atoms with Crippen molar-refractivity contribution in [1.82, 2.24) is 14.9 Å². The Morgan fingerprint density at radius 2 is 1.60 bits per heavy atom. The van der Waals surface area contributed by atoms with Crippen LogP contribution in [-0.4, -0.2) is 55.0 Å². The average molecular weight is 588 g/mol. The predicted molar refractivity (Wildman–Crippen MR) is 143 cm³/mol. The summed E-state index contributed by atoms with van der Waals surface area (Å²) in [5.41, 5.74) is -1.25. The molecule has 224 valence electrons. The number of benzene rings is 1. The van der Waals surface area contributed by atoms with Crippen molar-refractivity contribution < 1.29 is 36.3 Å². The van der Waals surface area contributed by atoms with Gasteiger partial charge in [0.1, 0.15) is 6.04 Å². The van der Waals surface area contributed by atoms with Gasteiger partial charge < -0.3 is 15.7 Å². The number of amides is 2. The molecule has 8 nitrogen and oxygen atoms in total. The lowest BCUT2D eigenvalue weighted by atomic mass is 9.65. The highest BCUT2D eigenvalue weighted by atomic mass is 32.2. The minimum absolute atomic E-state index is 0.00263. The van der Waals surface area contributed by atoms with E-state index < -0.39 is 33.9 Å². The molecule has 1 heterocycles. The monoisotopic (exact) mass is 587 g/mol. The maximum atomic E-state index is 13.7. The van der Waals surface area contributed by atoms with Gasteiger partial charge in [0, 0.05) is 19.1 Å². The lowest BCUT2D eigenvalue weighted by molar-refractivity contribution is -0.137. The third-order valence-electron chi connectivity index (χ3n) is 9.05. The zero-order valence-corrected chi connectivity index (χ0v) is 24.0. The normalized spacial score (nSPS) is 26.2. The van der Waals surface area contributed by atoms with Gasteiger partial charge in [0.25, 0.3) is 0 Å². The fourth-order valence-corrected chi connectivity index (χ4v) is 8.80. The van der Waals surface area contributed by atoms with E-state index in [1.54, 1.807) is 0 Å². The third kappa shape index (κ3) is 6.58. The van der Waals surface area contributed by atoms with E-state index in [0.29, 0.717) is 12.8 Å². The Hall–Kier alpha value is -2.34. The SMILES string of the molecule is CC(C)(C)[C@H](C1CCCCC1)C(NC(=O)O)C(=O)N[C@H]1CC[C@@H]2CN(S(=O)(=O)c3ccc(C(F)(F)F)cc3)C[C@@H]21. The number of fused-ring (bicyclic) bond motifs is 1. The van der Waals surface area contributed by atoms with Gasteiger partial charge in [0.05, 0.1) is 10.5 Å². The van der Waals surface area contributed by atoms with Gasteiger partial charge in [-0.15, -0.1) is 0 Å². The van der Waals surface area contributed by atoms with E-state index in [-0.39, 0.29) is 59.0 Å². The van der Waals surface area contributed by atoms with Gasteiger partial charge >= 0.3 is 12.3 Å². The van der Waals surface area contributed by atoms with Gasteiger partial charge in [-0.2, -0.15) is 17.5 Å². The smallest absolute Gasteiger partial charge is 0.416 e. The van der Waals surface area contributed by atoms with Crippen LogP contribution in [-0.2, 0) is 21.0 Å². The highest BCUT2D eigenvalue weighted by Crippen LogP contribution is 2.43. The fraction of sp³-hybridized carbons (Fsp3) is 0.714. The number of carboxylic acid groups (broad SMARTS) is 1. The molecule has 1 aromatic carbocycles. The number of hydrogen-bond donors (Lipinski definition) is 3. The molecule has 0 radical (unpaired) electrons. The Labute approximate surface area is 234 Å². The molecule has 3 aliphatic rings. The van der Waals surface area contributed by atoms with Crippen LogP contribution in [0.25, 0.3) is 0 Å². The minimum atomic E-state index is -4.56. The molecule has 12 heteroatoms. The van der Waals surface area contributed by atoms with Crippen molar-refractivity contribution in [2.75, 3.05) is 13.1 Å². The number of rotatable bonds is 7. The molecular formula is C28H40F3N3O5S. The van der Waals surface area contributed by atoms with Gasteiger partial charge in [-0.05, 0) is 66.2 Å². The number of carbonyl (C=O) groups excluding carboxylic acids is 1. The molecule has 5 atom stereocenters. The van der Waals surface area contributed by atoms with E-state index in [1.807, 2.05) is 20.8 Å². The summed E-state index contributed by atoms with van der Waals surface area (Å²) in [5, 5.41) is 15.2. The molecule has 3 fully saturated rings. The van der Waals surface area contributed by atoms with E-state index in [4.69, 9.17) is 0 Å². The molecule has 0 spiro atoms. The van der Waals surface area contributed by atoms with Crippen LogP contribution in [0.3, 0.4) is 0 Å². The van der Waals surface area contributed by atoms with Crippen LogP contribution in [0.2, 0.25) is 0 Å². The Balaban J connectivity index is 1.49. The minimum Gasteiger partial charge on any atom is -0.465 e. The van der Waals surface area contributed by atoms with Crippen LogP contribution in [0, 0.1) is 29.1 Å². The van der Waals surface area contributed by atoms with Gasteiger partial charge in [-0.25, -0.2) is 13.2 Å². The lowest BCUT2D eigenvalue weighted by Crippen LogP contribution is -2.58. The molecular weight excluding hydrogens is 547 g/mol. The van der Waals surface area contributed by atoms with Crippen LogP contribution in [0.15, 0.2) is 29.2 Å². The number of nitrogens with one attached hydrogen (secondary N) is 2. The number of halogens is 3. The van der Waals surface area contributed by atoms with E-state index in [2.05, 4.69) is 10.6 Å². The summed E-state index contributed by atoms with van der Waals surface area (Å²) in [6, 6.07) is 2.22. The molecule has 1 aliphatic heterocycles. The standard InChI is InChI=1S/C28H40F3N3O5S/c1-27(2,3)23(17-7-5-4-6-8-17)24(33-26(36)37)25(35)32-22-14-9-18-15-34(16-21(18)22)40(38,39)20-12-10-19(11-13-20)28(29,30)31/h10-13,17-18,21-24,33H,4-9,14-16H2,1-3H3,(H,32,35)(H,36,37)/t18-,21+,22+,23-,24?/m1/s1. The average Bonchev–Trinajstić information content (AvgIpc) is 3.45. The maximum absolute atomic E-state index is 13.7. The maximum Gasteiger partial charge on any atom is 0.416 e.